The molecule has 2 aromatic heterocycles. The third kappa shape index (κ3) is 3.40. The van der Waals surface area contributed by atoms with Crippen molar-refractivity contribution in [2.24, 2.45) is 5.92 Å². The molecule has 2 atom stereocenters. The molecule has 0 radical (unpaired) electrons. The molecule has 0 spiro atoms. The van der Waals surface area contributed by atoms with E-state index in [-0.39, 0.29) is 17.9 Å². The number of pyridine rings is 1. The molecular weight excluding hydrogens is 320 g/mol. The molecule has 3 heterocycles. The molecule has 132 valence electrons. The van der Waals surface area contributed by atoms with Crippen LogP contribution in [0.2, 0.25) is 0 Å². The molecule has 3 rings (SSSR count). The van der Waals surface area contributed by atoms with Crippen LogP contribution in [0.15, 0.2) is 36.9 Å². The summed E-state index contributed by atoms with van der Waals surface area (Å²) in [6, 6.07) is 3.16. The number of carboxylic acids is 1. The topological polar surface area (TPSA) is 88.3 Å². The Morgan fingerprint density at radius 2 is 2.12 bits per heavy atom. The molecule has 1 aliphatic heterocycles. The van der Waals surface area contributed by atoms with E-state index in [1.54, 1.807) is 34.2 Å². The maximum atomic E-state index is 12.5. The van der Waals surface area contributed by atoms with Crippen LogP contribution >= 0.6 is 0 Å². The zero-order valence-electron chi connectivity index (χ0n) is 14.6. The minimum atomic E-state index is -0.962. The summed E-state index contributed by atoms with van der Waals surface area (Å²) < 4.78 is 1.80. The van der Waals surface area contributed by atoms with Gasteiger partial charge in [0.25, 0.3) is 0 Å². The summed E-state index contributed by atoms with van der Waals surface area (Å²) in [5.41, 5.74) is 1.40. The molecule has 2 aromatic rings. The second-order valence-electron chi connectivity index (χ2n) is 7.37. The SMILES string of the molecule is CC(C)(C)n1cc([C@H]2[C@H](C(=O)O)CC(=O)N2Cc2cccnc2)cn1. The Balaban J connectivity index is 1.96. The summed E-state index contributed by atoms with van der Waals surface area (Å²) in [4.78, 5) is 29.9. The molecule has 7 heteroatoms. The lowest BCUT2D eigenvalue weighted by Gasteiger charge is -2.26. The van der Waals surface area contributed by atoms with Crippen LogP contribution < -0.4 is 0 Å². The van der Waals surface area contributed by atoms with Gasteiger partial charge < -0.3 is 10.0 Å². The van der Waals surface area contributed by atoms with Gasteiger partial charge >= 0.3 is 5.97 Å². The van der Waals surface area contributed by atoms with E-state index in [4.69, 9.17) is 0 Å². The summed E-state index contributed by atoms with van der Waals surface area (Å²) >= 11 is 0. The molecule has 0 unspecified atom stereocenters. The largest absolute Gasteiger partial charge is 0.481 e. The van der Waals surface area contributed by atoms with Gasteiger partial charge in [-0.25, -0.2) is 0 Å². The van der Waals surface area contributed by atoms with Gasteiger partial charge in [-0.15, -0.1) is 0 Å². The molecular formula is C18H22N4O3. The summed E-state index contributed by atoms with van der Waals surface area (Å²) in [6.45, 7) is 6.39. The number of hydrogen-bond acceptors (Lipinski definition) is 4. The maximum absolute atomic E-state index is 12.5. The third-order valence-electron chi connectivity index (χ3n) is 4.46. The van der Waals surface area contributed by atoms with Crippen LogP contribution in [0.25, 0.3) is 0 Å². The Labute approximate surface area is 146 Å². The van der Waals surface area contributed by atoms with E-state index in [9.17, 15) is 14.7 Å². The normalized spacial score (nSPS) is 20.9. The first-order valence-electron chi connectivity index (χ1n) is 8.23. The highest BCUT2D eigenvalue weighted by Crippen LogP contribution is 2.39. The van der Waals surface area contributed by atoms with Crippen molar-refractivity contribution in [3.05, 3.63) is 48.0 Å². The molecule has 1 saturated heterocycles. The summed E-state index contributed by atoms with van der Waals surface area (Å²) in [6.07, 6.45) is 6.87. The first-order valence-corrected chi connectivity index (χ1v) is 8.23. The van der Waals surface area contributed by atoms with Gasteiger partial charge in [-0.2, -0.15) is 5.10 Å². The molecule has 25 heavy (non-hydrogen) atoms. The number of carbonyl (C=O) groups excluding carboxylic acids is 1. The van der Waals surface area contributed by atoms with Crippen molar-refractivity contribution in [2.45, 2.75) is 45.3 Å². The van der Waals surface area contributed by atoms with Gasteiger partial charge in [0.15, 0.2) is 0 Å². The first-order chi connectivity index (χ1) is 11.8. The van der Waals surface area contributed by atoms with E-state index >= 15 is 0 Å². The van der Waals surface area contributed by atoms with Crippen LogP contribution in [0.3, 0.4) is 0 Å². The lowest BCUT2D eigenvalue weighted by Crippen LogP contribution is -2.30. The predicted molar refractivity (Wildman–Crippen MR) is 90.5 cm³/mol. The molecule has 1 fully saturated rings. The minimum absolute atomic E-state index is 0.000952. The predicted octanol–water partition coefficient (Wildman–Crippen LogP) is 2.21. The van der Waals surface area contributed by atoms with Crippen LogP contribution in [-0.2, 0) is 21.7 Å². The van der Waals surface area contributed by atoms with E-state index < -0.39 is 17.9 Å². The molecule has 0 aliphatic carbocycles. The number of aromatic nitrogens is 3. The third-order valence-corrected chi connectivity index (χ3v) is 4.46. The van der Waals surface area contributed by atoms with Crippen molar-refractivity contribution in [3.63, 3.8) is 0 Å². The van der Waals surface area contributed by atoms with Crippen LogP contribution in [0, 0.1) is 5.92 Å². The molecule has 1 N–H and O–H groups in total. The Bertz CT molecular complexity index is 779. The average molecular weight is 342 g/mol. The Hall–Kier alpha value is -2.70. The number of rotatable bonds is 4. The number of amides is 1. The maximum Gasteiger partial charge on any atom is 0.309 e. The van der Waals surface area contributed by atoms with Crippen molar-refractivity contribution in [1.29, 1.82) is 0 Å². The monoisotopic (exact) mass is 342 g/mol. The van der Waals surface area contributed by atoms with Gasteiger partial charge in [-0.3, -0.25) is 19.3 Å². The fraction of sp³-hybridized carbons (Fsp3) is 0.444. The number of likely N-dealkylation sites (tertiary alicyclic amines) is 1. The Kier molecular flexibility index (Phi) is 4.32. The van der Waals surface area contributed by atoms with Crippen LogP contribution in [0.4, 0.5) is 0 Å². The lowest BCUT2D eigenvalue weighted by atomic mass is 9.95. The zero-order valence-corrected chi connectivity index (χ0v) is 14.6. The van der Waals surface area contributed by atoms with Crippen LogP contribution in [-0.4, -0.2) is 36.6 Å². The van der Waals surface area contributed by atoms with Crippen molar-refractivity contribution >= 4 is 11.9 Å². The van der Waals surface area contributed by atoms with Gasteiger partial charge in [-0.05, 0) is 32.4 Å². The fourth-order valence-electron chi connectivity index (χ4n) is 3.16. The highest BCUT2D eigenvalue weighted by molar-refractivity contribution is 5.87. The highest BCUT2D eigenvalue weighted by atomic mass is 16.4. The highest BCUT2D eigenvalue weighted by Gasteiger charge is 2.45. The summed E-state index contributed by atoms with van der Waals surface area (Å²) in [5, 5.41) is 14.0. The van der Waals surface area contributed by atoms with E-state index in [0.29, 0.717) is 6.54 Å². The molecule has 7 nitrogen and oxygen atoms in total. The number of nitrogens with zero attached hydrogens (tertiary/aromatic N) is 4. The quantitative estimate of drug-likeness (QED) is 0.920. The molecule has 0 bridgehead atoms. The van der Waals surface area contributed by atoms with Crippen LogP contribution in [0.1, 0.15) is 44.4 Å². The van der Waals surface area contributed by atoms with E-state index in [1.807, 2.05) is 33.0 Å². The minimum Gasteiger partial charge on any atom is -0.481 e. The van der Waals surface area contributed by atoms with E-state index in [2.05, 4.69) is 10.1 Å². The molecule has 1 amide bonds. The van der Waals surface area contributed by atoms with E-state index in [0.717, 1.165) is 11.1 Å². The summed E-state index contributed by atoms with van der Waals surface area (Å²) in [7, 11) is 0. The molecule has 0 aromatic carbocycles. The lowest BCUT2D eigenvalue weighted by molar-refractivity contribution is -0.142. The number of carbonyl (C=O) groups is 2. The second kappa shape index (κ2) is 6.31. The van der Waals surface area contributed by atoms with Crippen molar-refractivity contribution in [3.8, 4) is 0 Å². The number of carboxylic acid groups (broad SMARTS) is 1. The zero-order chi connectivity index (χ0) is 18.2. The standard InChI is InChI=1S/C18H22N4O3/c1-18(2,3)22-11-13(9-20-22)16-14(17(24)25)7-15(23)21(16)10-12-5-4-6-19-8-12/h4-6,8-9,11,14,16H,7,10H2,1-3H3,(H,24,25)/t14-,16+/m1/s1. The smallest absolute Gasteiger partial charge is 0.309 e. The van der Waals surface area contributed by atoms with Crippen molar-refractivity contribution in [1.82, 2.24) is 19.7 Å². The molecule has 1 aliphatic rings. The fourth-order valence-corrected chi connectivity index (χ4v) is 3.16. The van der Waals surface area contributed by atoms with Crippen LogP contribution in [0.5, 0.6) is 0 Å². The van der Waals surface area contributed by atoms with Gasteiger partial charge in [0.05, 0.1) is 23.7 Å². The van der Waals surface area contributed by atoms with Gasteiger partial charge in [0, 0.05) is 37.1 Å². The number of aliphatic carboxylic acids is 1. The van der Waals surface area contributed by atoms with Gasteiger partial charge in [-0.1, -0.05) is 6.07 Å². The average Bonchev–Trinajstić information content (AvgIpc) is 3.14. The second-order valence-corrected chi connectivity index (χ2v) is 7.37. The molecule has 0 saturated carbocycles. The van der Waals surface area contributed by atoms with Gasteiger partial charge in [0.2, 0.25) is 5.91 Å². The summed E-state index contributed by atoms with van der Waals surface area (Å²) in [5.74, 6) is -1.90. The Morgan fingerprint density at radius 3 is 2.68 bits per heavy atom. The number of hydrogen-bond donors (Lipinski definition) is 1. The van der Waals surface area contributed by atoms with Gasteiger partial charge in [0.1, 0.15) is 0 Å². The van der Waals surface area contributed by atoms with Crippen molar-refractivity contribution < 1.29 is 14.7 Å². The van der Waals surface area contributed by atoms with E-state index in [1.165, 1.54) is 0 Å². The van der Waals surface area contributed by atoms with Crippen molar-refractivity contribution in [2.75, 3.05) is 0 Å². The first kappa shape index (κ1) is 17.1. The Morgan fingerprint density at radius 1 is 1.36 bits per heavy atom.